The van der Waals surface area contributed by atoms with E-state index in [2.05, 4.69) is 126 Å². The zero-order valence-electron chi connectivity index (χ0n) is 26.6. The van der Waals surface area contributed by atoms with E-state index in [4.69, 9.17) is 9.73 Å². The van der Waals surface area contributed by atoms with Crippen LogP contribution < -0.4 is 10.2 Å². The summed E-state index contributed by atoms with van der Waals surface area (Å²) in [7, 11) is 0. The van der Waals surface area contributed by atoms with Gasteiger partial charge in [0.2, 0.25) is 0 Å². The number of hydrogen-bond donors (Lipinski definition) is 2. The summed E-state index contributed by atoms with van der Waals surface area (Å²) < 4.78 is 6.71. The lowest BCUT2D eigenvalue weighted by atomic mass is 9.61. The Labute approximate surface area is 284 Å². The van der Waals surface area contributed by atoms with Gasteiger partial charge < -0.3 is 9.72 Å². The smallest absolute Gasteiger partial charge is 0.154 e. The van der Waals surface area contributed by atoms with Crippen LogP contribution in [-0.2, 0) is 5.41 Å². The van der Waals surface area contributed by atoms with Crippen molar-refractivity contribution in [2.45, 2.75) is 5.41 Å². The average Bonchev–Trinajstić information content (AvgIpc) is 3.17. The molecule has 0 fully saturated rings. The Morgan fingerprint density at radius 1 is 0.510 bits per heavy atom. The summed E-state index contributed by atoms with van der Waals surface area (Å²) in [6, 6.07) is 60.8. The molecule has 0 spiro atoms. The van der Waals surface area contributed by atoms with E-state index < -0.39 is 5.41 Å². The number of aromatic amines is 1. The molecule has 9 rings (SSSR count). The number of hydrogen-bond acceptors (Lipinski definition) is 2. The summed E-state index contributed by atoms with van der Waals surface area (Å²) in [6.07, 6.45) is 0. The highest BCUT2D eigenvalue weighted by Gasteiger charge is 2.47. The number of ether oxygens (including phenoxy) is 1. The first kappa shape index (κ1) is 28.7. The Hall–Kier alpha value is -6.52. The van der Waals surface area contributed by atoms with Crippen LogP contribution in [0.2, 0.25) is 0 Å². The van der Waals surface area contributed by atoms with Crippen LogP contribution in [0.15, 0.2) is 181 Å². The Kier molecular flexibility index (Phi) is 6.80. The minimum absolute atomic E-state index is 0.160. The first-order valence-corrected chi connectivity index (χ1v) is 16.5. The SMILES string of the molecule is N=C(/N=c1/cccc(-c2ccccc2)[nH]1)c1ccc2c(c1)C(c1cccc3ccccc13)(c1cccc3ccccc13)c1ccccc1O2. The van der Waals surface area contributed by atoms with E-state index in [1.807, 2.05) is 54.6 Å². The van der Waals surface area contributed by atoms with E-state index >= 15 is 0 Å². The molecule has 2 N–H and O–H groups in total. The first-order chi connectivity index (χ1) is 24.2. The van der Waals surface area contributed by atoms with Gasteiger partial charge in [-0.25, -0.2) is 4.99 Å². The molecule has 2 heterocycles. The summed E-state index contributed by atoms with van der Waals surface area (Å²) in [4.78, 5) is 8.20. The van der Waals surface area contributed by atoms with Gasteiger partial charge in [-0.05, 0) is 74.6 Å². The van der Waals surface area contributed by atoms with Crippen molar-refractivity contribution in [2.24, 2.45) is 4.99 Å². The minimum atomic E-state index is -0.776. The fraction of sp³-hybridized carbons (Fsp3) is 0.0222. The maximum atomic E-state index is 9.28. The van der Waals surface area contributed by atoms with Crippen LogP contribution in [0.4, 0.5) is 0 Å². The van der Waals surface area contributed by atoms with E-state index in [9.17, 15) is 5.41 Å². The highest BCUT2D eigenvalue weighted by Crippen LogP contribution is 2.57. The van der Waals surface area contributed by atoms with Crippen LogP contribution in [0, 0.1) is 5.41 Å². The van der Waals surface area contributed by atoms with Gasteiger partial charge in [0.1, 0.15) is 17.0 Å². The Morgan fingerprint density at radius 3 is 1.82 bits per heavy atom. The molecule has 4 nitrogen and oxygen atoms in total. The Balaban J connectivity index is 1.33. The zero-order valence-corrected chi connectivity index (χ0v) is 26.6. The lowest BCUT2D eigenvalue weighted by Crippen LogP contribution is -2.35. The third kappa shape index (κ3) is 4.68. The highest BCUT2D eigenvalue weighted by atomic mass is 16.5. The van der Waals surface area contributed by atoms with Crippen molar-refractivity contribution in [3.8, 4) is 22.8 Å². The number of fused-ring (bicyclic) bond motifs is 4. The number of nitrogens with one attached hydrogen (secondary N) is 2. The summed E-state index contributed by atoms with van der Waals surface area (Å²) in [5, 5.41) is 13.9. The molecule has 1 aliphatic heterocycles. The third-order valence-electron chi connectivity index (χ3n) is 9.65. The van der Waals surface area contributed by atoms with Gasteiger partial charge in [0.15, 0.2) is 5.84 Å². The van der Waals surface area contributed by atoms with E-state index in [1.54, 1.807) is 0 Å². The van der Waals surface area contributed by atoms with Gasteiger partial charge in [-0.2, -0.15) is 0 Å². The lowest BCUT2D eigenvalue weighted by Gasteiger charge is -2.42. The van der Waals surface area contributed by atoms with Crippen molar-refractivity contribution in [1.29, 1.82) is 5.41 Å². The van der Waals surface area contributed by atoms with E-state index in [0.717, 1.165) is 66.6 Å². The average molecular weight is 630 g/mol. The molecule has 0 radical (unpaired) electrons. The fourth-order valence-corrected chi connectivity index (χ4v) is 7.51. The van der Waals surface area contributed by atoms with Gasteiger partial charge in [-0.1, -0.05) is 140 Å². The Bertz CT molecular complexity index is 2530. The standard InChI is InChI=1S/C45H31N3O/c46-44(48-43-26-12-24-40(47-43)32-15-2-1-3-16-32)33-27-28-42-39(29-33)45(38-21-8-9-25-41(38)49-42,36-22-10-17-30-13-4-6-19-34(30)36)37-23-11-18-31-14-5-7-20-35(31)37/h1-29H,(H2,46,47,48). The van der Waals surface area contributed by atoms with Crippen LogP contribution in [0.5, 0.6) is 11.5 Å². The molecular formula is C45H31N3O. The van der Waals surface area contributed by atoms with Crippen molar-refractivity contribution in [3.05, 3.63) is 209 Å². The highest BCUT2D eigenvalue weighted by molar-refractivity contribution is 5.99. The quantitative estimate of drug-likeness (QED) is 0.148. The summed E-state index contributed by atoms with van der Waals surface area (Å²) in [6.45, 7) is 0. The number of pyridine rings is 1. The molecule has 4 heteroatoms. The molecular weight excluding hydrogens is 599 g/mol. The molecule has 0 saturated carbocycles. The summed E-state index contributed by atoms with van der Waals surface area (Å²) in [5.41, 5.74) is 6.87. The van der Waals surface area contributed by atoms with Gasteiger partial charge in [-0.15, -0.1) is 0 Å². The second kappa shape index (κ2) is 11.6. The second-order valence-corrected chi connectivity index (χ2v) is 12.4. The minimum Gasteiger partial charge on any atom is -0.457 e. The first-order valence-electron chi connectivity index (χ1n) is 16.5. The zero-order chi connectivity index (χ0) is 32.8. The van der Waals surface area contributed by atoms with Crippen LogP contribution in [-0.4, -0.2) is 10.8 Å². The van der Waals surface area contributed by atoms with Crippen molar-refractivity contribution in [1.82, 2.24) is 4.98 Å². The van der Waals surface area contributed by atoms with Gasteiger partial charge >= 0.3 is 0 Å². The third-order valence-corrected chi connectivity index (χ3v) is 9.65. The second-order valence-electron chi connectivity index (χ2n) is 12.4. The fourth-order valence-electron chi connectivity index (χ4n) is 7.51. The number of nitrogens with zero attached hydrogens (tertiary/aromatic N) is 1. The molecule has 8 aromatic rings. The normalized spacial score (nSPS) is 13.4. The molecule has 0 unspecified atom stereocenters. The maximum absolute atomic E-state index is 9.28. The monoisotopic (exact) mass is 629 g/mol. The molecule has 49 heavy (non-hydrogen) atoms. The van der Waals surface area contributed by atoms with E-state index in [-0.39, 0.29) is 5.84 Å². The van der Waals surface area contributed by atoms with Crippen LogP contribution >= 0.6 is 0 Å². The van der Waals surface area contributed by atoms with Gasteiger partial charge in [0.05, 0.1) is 5.41 Å². The number of benzene rings is 7. The molecule has 0 saturated heterocycles. The number of rotatable bonds is 4. The van der Waals surface area contributed by atoms with Crippen molar-refractivity contribution in [3.63, 3.8) is 0 Å². The van der Waals surface area contributed by atoms with Crippen molar-refractivity contribution < 1.29 is 4.74 Å². The molecule has 7 aromatic carbocycles. The largest absolute Gasteiger partial charge is 0.457 e. The lowest BCUT2D eigenvalue weighted by molar-refractivity contribution is 0.435. The number of aromatic nitrogens is 1. The summed E-state index contributed by atoms with van der Waals surface area (Å²) in [5.74, 6) is 1.73. The molecule has 0 aliphatic carbocycles. The van der Waals surface area contributed by atoms with Crippen molar-refractivity contribution in [2.75, 3.05) is 0 Å². The molecule has 0 bridgehead atoms. The van der Waals surface area contributed by atoms with Crippen LogP contribution in [0.1, 0.15) is 27.8 Å². The van der Waals surface area contributed by atoms with E-state index in [0.29, 0.717) is 11.1 Å². The Morgan fingerprint density at radius 2 is 1.08 bits per heavy atom. The van der Waals surface area contributed by atoms with Crippen LogP contribution in [0.3, 0.4) is 0 Å². The van der Waals surface area contributed by atoms with E-state index in [1.165, 1.54) is 0 Å². The molecule has 1 aromatic heterocycles. The number of H-pyrrole nitrogens is 1. The van der Waals surface area contributed by atoms with Gasteiger partial charge in [0.25, 0.3) is 0 Å². The van der Waals surface area contributed by atoms with Gasteiger partial charge in [-0.3, -0.25) is 5.41 Å². The molecule has 0 amide bonds. The number of para-hydroxylation sites is 1. The van der Waals surface area contributed by atoms with Crippen LogP contribution in [0.25, 0.3) is 32.8 Å². The molecule has 232 valence electrons. The van der Waals surface area contributed by atoms with Gasteiger partial charge in [0, 0.05) is 22.4 Å². The maximum Gasteiger partial charge on any atom is 0.154 e. The predicted molar refractivity (Wildman–Crippen MR) is 198 cm³/mol. The molecule has 0 atom stereocenters. The molecule has 1 aliphatic rings. The summed E-state index contributed by atoms with van der Waals surface area (Å²) >= 11 is 0. The predicted octanol–water partition coefficient (Wildman–Crippen LogP) is 10.4. The number of amidine groups is 1. The van der Waals surface area contributed by atoms with Crippen molar-refractivity contribution >= 4 is 27.4 Å². The topological polar surface area (TPSA) is 61.2 Å².